The average molecular weight is 240 g/mol. The Morgan fingerprint density at radius 1 is 1.38 bits per heavy atom. The molecule has 2 N–H and O–H groups in total. The molecular weight excluding hydrogens is 226 g/mol. The molecule has 4 nitrogen and oxygen atoms in total. The van der Waals surface area contributed by atoms with Crippen molar-refractivity contribution >= 4 is 28.9 Å². The van der Waals surface area contributed by atoms with Crippen molar-refractivity contribution in [2.24, 2.45) is 0 Å². The maximum absolute atomic E-state index is 11.6. The number of para-hydroxylation sites is 1. The molecule has 0 atom stereocenters. The number of nitrogens with zero attached hydrogens (tertiary/aromatic N) is 2. The molecule has 16 heavy (non-hydrogen) atoms. The standard InChI is InChI=1S/C11H14ClN3O/c1-14-5-6-15(7-10(14)16)9-4-2-3-8(12)11(9)13/h2-4H,5-7,13H2,1H3. The summed E-state index contributed by atoms with van der Waals surface area (Å²) in [5.74, 6) is 0.102. The predicted octanol–water partition coefficient (Wildman–Crippen LogP) is 1.20. The van der Waals surface area contributed by atoms with E-state index in [-0.39, 0.29) is 5.91 Å². The Balaban J connectivity index is 2.25. The monoisotopic (exact) mass is 239 g/mol. The van der Waals surface area contributed by atoms with Gasteiger partial charge in [-0.2, -0.15) is 0 Å². The van der Waals surface area contributed by atoms with Crippen LogP contribution in [0.2, 0.25) is 5.02 Å². The van der Waals surface area contributed by atoms with Crippen molar-refractivity contribution in [1.82, 2.24) is 4.90 Å². The van der Waals surface area contributed by atoms with Crippen LogP contribution in [0.3, 0.4) is 0 Å². The summed E-state index contributed by atoms with van der Waals surface area (Å²) in [6.45, 7) is 1.86. The third-order valence-corrected chi connectivity index (χ3v) is 3.16. The highest BCUT2D eigenvalue weighted by Gasteiger charge is 2.22. The van der Waals surface area contributed by atoms with E-state index in [4.69, 9.17) is 17.3 Å². The number of nitrogens with two attached hydrogens (primary N) is 1. The van der Waals surface area contributed by atoms with E-state index in [0.29, 0.717) is 23.8 Å². The van der Waals surface area contributed by atoms with Crippen molar-refractivity contribution in [1.29, 1.82) is 0 Å². The van der Waals surface area contributed by atoms with Gasteiger partial charge in [-0.1, -0.05) is 17.7 Å². The van der Waals surface area contributed by atoms with Crippen molar-refractivity contribution in [3.05, 3.63) is 23.2 Å². The third-order valence-electron chi connectivity index (χ3n) is 2.83. The lowest BCUT2D eigenvalue weighted by Crippen LogP contribution is -2.48. The van der Waals surface area contributed by atoms with Crippen molar-refractivity contribution in [3.63, 3.8) is 0 Å². The topological polar surface area (TPSA) is 49.6 Å². The van der Waals surface area contributed by atoms with Crippen LogP contribution in [0.1, 0.15) is 0 Å². The molecule has 1 aliphatic rings. The number of hydrogen-bond acceptors (Lipinski definition) is 3. The fourth-order valence-electron chi connectivity index (χ4n) is 1.77. The SMILES string of the molecule is CN1CCN(c2cccc(Cl)c2N)CC1=O. The van der Waals surface area contributed by atoms with E-state index < -0.39 is 0 Å². The number of amides is 1. The number of rotatable bonds is 1. The van der Waals surface area contributed by atoms with Gasteiger partial charge in [-0.05, 0) is 12.1 Å². The quantitative estimate of drug-likeness (QED) is 0.750. The summed E-state index contributed by atoms with van der Waals surface area (Å²) in [4.78, 5) is 15.3. The van der Waals surface area contributed by atoms with Crippen LogP contribution in [-0.4, -0.2) is 37.5 Å². The first-order valence-electron chi connectivity index (χ1n) is 5.12. The smallest absolute Gasteiger partial charge is 0.241 e. The Morgan fingerprint density at radius 2 is 2.12 bits per heavy atom. The predicted molar refractivity (Wildman–Crippen MR) is 65.7 cm³/mol. The van der Waals surface area contributed by atoms with E-state index in [9.17, 15) is 4.79 Å². The van der Waals surface area contributed by atoms with Crippen LogP contribution < -0.4 is 10.6 Å². The fourth-order valence-corrected chi connectivity index (χ4v) is 1.94. The molecule has 1 aromatic carbocycles. The Hall–Kier alpha value is -1.42. The zero-order valence-electron chi connectivity index (χ0n) is 9.11. The third kappa shape index (κ3) is 1.93. The van der Waals surface area contributed by atoms with Crippen LogP contribution in [0.15, 0.2) is 18.2 Å². The van der Waals surface area contributed by atoms with E-state index in [1.807, 2.05) is 17.0 Å². The summed E-state index contributed by atoms with van der Waals surface area (Å²) in [5.41, 5.74) is 7.28. The first-order valence-corrected chi connectivity index (χ1v) is 5.50. The minimum Gasteiger partial charge on any atom is -0.396 e. The Labute approximate surface area is 99.6 Å². The van der Waals surface area contributed by atoms with E-state index in [1.54, 1.807) is 18.0 Å². The van der Waals surface area contributed by atoms with Gasteiger partial charge in [-0.15, -0.1) is 0 Å². The summed E-state index contributed by atoms with van der Waals surface area (Å²) in [5, 5.41) is 0.531. The summed E-state index contributed by atoms with van der Waals surface area (Å²) in [7, 11) is 1.81. The van der Waals surface area contributed by atoms with Gasteiger partial charge in [0, 0.05) is 20.1 Å². The molecule has 5 heteroatoms. The lowest BCUT2D eigenvalue weighted by Gasteiger charge is -2.34. The van der Waals surface area contributed by atoms with Gasteiger partial charge < -0.3 is 15.5 Å². The highest BCUT2D eigenvalue weighted by Crippen LogP contribution is 2.30. The van der Waals surface area contributed by atoms with Crippen molar-refractivity contribution in [2.45, 2.75) is 0 Å². The van der Waals surface area contributed by atoms with Gasteiger partial charge in [0.1, 0.15) is 0 Å². The average Bonchev–Trinajstić information content (AvgIpc) is 2.26. The van der Waals surface area contributed by atoms with Gasteiger partial charge in [0.15, 0.2) is 0 Å². The van der Waals surface area contributed by atoms with Crippen LogP contribution in [0.25, 0.3) is 0 Å². The number of hydrogen-bond donors (Lipinski definition) is 1. The number of anilines is 2. The van der Waals surface area contributed by atoms with E-state index in [1.165, 1.54) is 0 Å². The molecule has 0 aromatic heterocycles. The molecule has 1 heterocycles. The number of piperazine rings is 1. The summed E-state index contributed by atoms with van der Waals surface area (Å²) < 4.78 is 0. The molecule has 86 valence electrons. The highest BCUT2D eigenvalue weighted by molar-refractivity contribution is 6.33. The molecule has 0 aliphatic carbocycles. The zero-order valence-corrected chi connectivity index (χ0v) is 9.87. The van der Waals surface area contributed by atoms with Crippen molar-refractivity contribution in [3.8, 4) is 0 Å². The molecule has 0 saturated carbocycles. The number of halogens is 1. The molecule has 0 radical (unpaired) electrons. The van der Waals surface area contributed by atoms with Crippen LogP contribution in [-0.2, 0) is 4.79 Å². The van der Waals surface area contributed by atoms with Gasteiger partial charge in [-0.25, -0.2) is 0 Å². The van der Waals surface area contributed by atoms with Crippen molar-refractivity contribution < 1.29 is 4.79 Å². The summed E-state index contributed by atoms with van der Waals surface area (Å²) in [6.07, 6.45) is 0. The van der Waals surface area contributed by atoms with Crippen LogP contribution in [0, 0.1) is 0 Å². The molecule has 1 aliphatic heterocycles. The van der Waals surface area contributed by atoms with Gasteiger partial charge in [0.2, 0.25) is 5.91 Å². The molecule has 2 rings (SSSR count). The van der Waals surface area contributed by atoms with E-state index in [2.05, 4.69) is 0 Å². The van der Waals surface area contributed by atoms with E-state index >= 15 is 0 Å². The second-order valence-electron chi connectivity index (χ2n) is 3.91. The van der Waals surface area contributed by atoms with Gasteiger partial charge in [0.05, 0.1) is 22.9 Å². The van der Waals surface area contributed by atoms with Crippen LogP contribution in [0.5, 0.6) is 0 Å². The number of nitrogen functional groups attached to an aromatic ring is 1. The molecule has 1 saturated heterocycles. The van der Waals surface area contributed by atoms with Gasteiger partial charge in [0.25, 0.3) is 0 Å². The first-order chi connectivity index (χ1) is 7.59. The molecular formula is C11H14ClN3O. The summed E-state index contributed by atoms with van der Waals surface area (Å²) >= 11 is 5.95. The highest BCUT2D eigenvalue weighted by atomic mass is 35.5. The number of carbonyl (C=O) groups excluding carboxylic acids is 1. The number of benzene rings is 1. The van der Waals surface area contributed by atoms with E-state index in [0.717, 1.165) is 12.2 Å². The second-order valence-corrected chi connectivity index (χ2v) is 4.32. The maximum atomic E-state index is 11.6. The zero-order chi connectivity index (χ0) is 11.7. The van der Waals surface area contributed by atoms with Crippen molar-refractivity contribution in [2.75, 3.05) is 37.3 Å². The van der Waals surface area contributed by atoms with Crippen LogP contribution in [0.4, 0.5) is 11.4 Å². The number of carbonyl (C=O) groups is 1. The molecule has 0 bridgehead atoms. The fraction of sp³-hybridized carbons (Fsp3) is 0.364. The number of likely N-dealkylation sites (N-methyl/N-ethyl adjacent to an activating group) is 1. The molecule has 0 unspecified atom stereocenters. The largest absolute Gasteiger partial charge is 0.396 e. The molecule has 1 aromatic rings. The Kier molecular flexibility index (Phi) is 2.92. The maximum Gasteiger partial charge on any atom is 0.241 e. The lowest BCUT2D eigenvalue weighted by atomic mass is 10.2. The van der Waals surface area contributed by atoms with Crippen LogP contribution >= 0.6 is 11.6 Å². The minimum atomic E-state index is 0.102. The van der Waals surface area contributed by atoms with Gasteiger partial charge >= 0.3 is 0 Å². The molecule has 1 amide bonds. The molecule has 0 spiro atoms. The lowest BCUT2D eigenvalue weighted by molar-refractivity contribution is -0.129. The minimum absolute atomic E-state index is 0.102. The van der Waals surface area contributed by atoms with Gasteiger partial charge in [-0.3, -0.25) is 4.79 Å². The Morgan fingerprint density at radius 3 is 2.81 bits per heavy atom. The molecule has 1 fully saturated rings. The Bertz CT molecular complexity index is 422. The second kappa shape index (κ2) is 4.22. The normalized spacial score (nSPS) is 16.8. The first kappa shape index (κ1) is 11.1. The summed E-state index contributed by atoms with van der Waals surface area (Å²) in [6, 6.07) is 5.48.